The zero-order valence-electron chi connectivity index (χ0n) is 14.8. The molecular weight excluding hydrogens is 346 g/mol. The SMILES string of the molecule is CC(=O)NCCN(C(=O)CSCC(=O)N1CCCCC1)C(C)C(=O)O. The molecule has 1 unspecified atom stereocenters. The van der Waals surface area contributed by atoms with Crippen molar-refractivity contribution >= 4 is 35.5 Å². The van der Waals surface area contributed by atoms with Crippen molar-refractivity contribution in [2.45, 2.75) is 39.2 Å². The van der Waals surface area contributed by atoms with Crippen LogP contribution < -0.4 is 5.32 Å². The van der Waals surface area contributed by atoms with Gasteiger partial charge in [-0.3, -0.25) is 14.4 Å². The third-order valence-corrected chi connectivity index (χ3v) is 4.93. The topological polar surface area (TPSA) is 107 Å². The van der Waals surface area contributed by atoms with Gasteiger partial charge in [0.15, 0.2) is 0 Å². The molecule has 1 rings (SSSR count). The standard InChI is InChI=1S/C16H27N3O5S/c1-12(16(23)24)19(9-6-17-13(2)20)15(22)11-25-10-14(21)18-7-4-3-5-8-18/h12H,3-11H2,1-2H3,(H,17,20)(H,23,24). The van der Waals surface area contributed by atoms with Crippen LogP contribution in [-0.4, -0.2) is 82.3 Å². The van der Waals surface area contributed by atoms with Crippen LogP contribution in [0.25, 0.3) is 0 Å². The number of nitrogens with zero attached hydrogens (tertiary/aromatic N) is 2. The Morgan fingerprint density at radius 3 is 2.36 bits per heavy atom. The normalized spacial score (nSPS) is 15.4. The zero-order chi connectivity index (χ0) is 18.8. The number of nitrogens with one attached hydrogen (secondary N) is 1. The van der Waals surface area contributed by atoms with Gasteiger partial charge in [0.25, 0.3) is 0 Å². The number of hydrogen-bond acceptors (Lipinski definition) is 5. The van der Waals surface area contributed by atoms with Crippen LogP contribution in [0.1, 0.15) is 33.1 Å². The molecule has 0 aromatic rings. The summed E-state index contributed by atoms with van der Waals surface area (Å²) in [5.41, 5.74) is 0. The van der Waals surface area contributed by atoms with Crippen molar-refractivity contribution < 1.29 is 24.3 Å². The molecule has 1 atom stereocenters. The summed E-state index contributed by atoms with van der Waals surface area (Å²) in [6, 6.07) is -0.986. The molecule has 1 fully saturated rings. The van der Waals surface area contributed by atoms with Gasteiger partial charge in [-0.1, -0.05) is 0 Å². The summed E-state index contributed by atoms with van der Waals surface area (Å²) >= 11 is 1.20. The van der Waals surface area contributed by atoms with E-state index in [1.54, 1.807) is 0 Å². The Kier molecular flexibility index (Phi) is 9.33. The highest BCUT2D eigenvalue weighted by molar-refractivity contribution is 8.00. The van der Waals surface area contributed by atoms with Gasteiger partial charge in [0.1, 0.15) is 6.04 Å². The Balaban J connectivity index is 2.45. The summed E-state index contributed by atoms with van der Waals surface area (Å²) in [5, 5.41) is 11.7. The number of rotatable bonds is 9. The maximum absolute atomic E-state index is 12.3. The molecule has 25 heavy (non-hydrogen) atoms. The van der Waals surface area contributed by atoms with E-state index in [9.17, 15) is 19.2 Å². The average molecular weight is 373 g/mol. The molecule has 2 N–H and O–H groups in total. The Labute approximate surface area is 152 Å². The smallest absolute Gasteiger partial charge is 0.326 e. The summed E-state index contributed by atoms with van der Waals surface area (Å²) in [4.78, 5) is 49.5. The molecule has 9 heteroatoms. The van der Waals surface area contributed by atoms with Crippen LogP contribution in [0.4, 0.5) is 0 Å². The summed E-state index contributed by atoms with van der Waals surface area (Å²) in [5.74, 6) is -1.42. The van der Waals surface area contributed by atoms with Crippen LogP contribution in [-0.2, 0) is 19.2 Å². The summed E-state index contributed by atoms with van der Waals surface area (Å²) < 4.78 is 0. The number of carboxylic acids is 1. The highest BCUT2D eigenvalue weighted by Gasteiger charge is 2.25. The predicted octanol–water partition coefficient (Wildman–Crippen LogP) is 0.170. The predicted molar refractivity (Wildman–Crippen MR) is 95.3 cm³/mol. The first kappa shape index (κ1) is 21.3. The third kappa shape index (κ3) is 7.76. The highest BCUT2D eigenvalue weighted by Crippen LogP contribution is 2.12. The molecule has 1 saturated heterocycles. The number of thioether (sulfide) groups is 1. The Bertz CT molecular complexity index is 494. The van der Waals surface area contributed by atoms with Gasteiger partial charge >= 0.3 is 5.97 Å². The van der Waals surface area contributed by atoms with Gasteiger partial charge in [-0.25, -0.2) is 4.79 Å². The number of aliphatic carboxylic acids is 1. The number of carbonyl (C=O) groups is 4. The van der Waals surface area contributed by atoms with Gasteiger partial charge in [-0.2, -0.15) is 0 Å². The summed E-state index contributed by atoms with van der Waals surface area (Å²) in [6.07, 6.45) is 3.18. The molecule has 8 nitrogen and oxygen atoms in total. The lowest BCUT2D eigenvalue weighted by Crippen LogP contribution is -2.47. The maximum Gasteiger partial charge on any atom is 0.326 e. The van der Waals surface area contributed by atoms with E-state index in [2.05, 4.69) is 5.32 Å². The van der Waals surface area contributed by atoms with Crippen LogP contribution in [0.15, 0.2) is 0 Å². The van der Waals surface area contributed by atoms with Gasteiger partial charge in [-0.05, 0) is 26.2 Å². The van der Waals surface area contributed by atoms with E-state index >= 15 is 0 Å². The fourth-order valence-electron chi connectivity index (χ4n) is 2.56. The lowest BCUT2D eigenvalue weighted by Gasteiger charge is -2.28. The van der Waals surface area contributed by atoms with E-state index in [1.807, 2.05) is 4.90 Å². The molecule has 0 aliphatic carbocycles. The molecule has 0 saturated carbocycles. The molecule has 1 aliphatic rings. The van der Waals surface area contributed by atoms with Crippen molar-refractivity contribution in [2.75, 3.05) is 37.7 Å². The lowest BCUT2D eigenvalue weighted by atomic mass is 10.1. The van der Waals surface area contributed by atoms with E-state index in [0.717, 1.165) is 32.4 Å². The lowest BCUT2D eigenvalue weighted by molar-refractivity contribution is -0.148. The van der Waals surface area contributed by atoms with Crippen molar-refractivity contribution in [3.05, 3.63) is 0 Å². The first-order valence-corrected chi connectivity index (χ1v) is 9.60. The molecule has 0 spiro atoms. The van der Waals surface area contributed by atoms with Gasteiger partial charge in [0.2, 0.25) is 17.7 Å². The molecule has 0 radical (unpaired) electrons. The van der Waals surface area contributed by atoms with Crippen molar-refractivity contribution in [1.29, 1.82) is 0 Å². The summed E-state index contributed by atoms with van der Waals surface area (Å²) in [6.45, 7) is 4.63. The second-order valence-corrected chi connectivity index (χ2v) is 7.00. The number of amides is 3. The molecule has 3 amide bonds. The van der Waals surface area contributed by atoms with Gasteiger partial charge in [-0.15, -0.1) is 11.8 Å². The van der Waals surface area contributed by atoms with E-state index in [0.29, 0.717) is 0 Å². The minimum absolute atomic E-state index is 0.0218. The Morgan fingerprint density at radius 1 is 1.16 bits per heavy atom. The van der Waals surface area contributed by atoms with Gasteiger partial charge < -0.3 is 20.2 Å². The molecule has 0 bridgehead atoms. The zero-order valence-corrected chi connectivity index (χ0v) is 15.6. The molecule has 1 aliphatic heterocycles. The highest BCUT2D eigenvalue weighted by atomic mass is 32.2. The van der Waals surface area contributed by atoms with E-state index in [1.165, 1.54) is 30.5 Å². The van der Waals surface area contributed by atoms with E-state index < -0.39 is 12.0 Å². The monoisotopic (exact) mass is 373 g/mol. The molecular formula is C16H27N3O5S. The largest absolute Gasteiger partial charge is 0.480 e. The molecule has 1 heterocycles. The number of hydrogen-bond donors (Lipinski definition) is 2. The fourth-order valence-corrected chi connectivity index (χ4v) is 3.36. The maximum atomic E-state index is 12.3. The summed E-state index contributed by atoms with van der Waals surface area (Å²) in [7, 11) is 0. The number of carbonyl (C=O) groups excluding carboxylic acids is 3. The molecule has 142 valence electrons. The Morgan fingerprint density at radius 2 is 1.80 bits per heavy atom. The van der Waals surface area contributed by atoms with Crippen molar-refractivity contribution in [3.63, 3.8) is 0 Å². The quantitative estimate of drug-likeness (QED) is 0.597. The van der Waals surface area contributed by atoms with Crippen LogP contribution >= 0.6 is 11.8 Å². The van der Waals surface area contributed by atoms with Crippen molar-refractivity contribution in [1.82, 2.24) is 15.1 Å². The van der Waals surface area contributed by atoms with Crippen molar-refractivity contribution in [2.24, 2.45) is 0 Å². The molecule has 0 aromatic heterocycles. The first-order valence-electron chi connectivity index (χ1n) is 8.45. The van der Waals surface area contributed by atoms with Crippen molar-refractivity contribution in [3.8, 4) is 0 Å². The Hall–Kier alpha value is -1.77. The molecule has 0 aromatic carbocycles. The number of carboxylic acid groups (broad SMARTS) is 1. The third-order valence-electron chi connectivity index (χ3n) is 4.03. The van der Waals surface area contributed by atoms with Crippen LogP contribution in [0, 0.1) is 0 Å². The van der Waals surface area contributed by atoms with Crippen LogP contribution in [0.5, 0.6) is 0 Å². The average Bonchev–Trinajstić information content (AvgIpc) is 2.58. The second kappa shape index (κ2) is 11.0. The number of likely N-dealkylation sites (tertiary alicyclic amines) is 1. The van der Waals surface area contributed by atoms with Gasteiger partial charge in [0.05, 0.1) is 11.5 Å². The van der Waals surface area contributed by atoms with Crippen LogP contribution in [0.3, 0.4) is 0 Å². The van der Waals surface area contributed by atoms with E-state index in [4.69, 9.17) is 5.11 Å². The second-order valence-electron chi connectivity index (χ2n) is 6.02. The van der Waals surface area contributed by atoms with Crippen LogP contribution in [0.2, 0.25) is 0 Å². The minimum Gasteiger partial charge on any atom is -0.480 e. The first-order chi connectivity index (χ1) is 11.8. The number of piperidine rings is 1. The van der Waals surface area contributed by atoms with Gasteiger partial charge in [0, 0.05) is 33.1 Å². The minimum atomic E-state index is -1.11. The fraction of sp³-hybridized carbons (Fsp3) is 0.750. The van der Waals surface area contributed by atoms with E-state index in [-0.39, 0.29) is 42.3 Å².